The summed E-state index contributed by atoms with van der Waals surface area (Å²) in [6.45, 7) is 8.61. The van der Waals surface area contributed by atoms with Crippen molar-refractivity contribution < 1.29 is 59.6 Å². The molecule has 84 heavy (non-hydrogen) atoms. The van der Waals surface area contributed by atoms with Gasteiger partial charge < -0.3 is 50.1 Å². The fourth-order valence-electron chi connectivity index (χ4n) is 8.46. The third-order valence-electron chi connectivity index (χ3n) is 12.4. The van der Waals surface area contributed by atoms with E-state index in [0.717, 1.165) is 15.9 Å². The normalized spacial score (nSPS) is 14.0. The summed E-state index contributed by atoms with van der Waals surface area (Å²) < 4.78 is 100. The minimum Gasteiger partial charge on any atom is -0.497 e. The Hall–Kier alpha value is -8.62. The summed E-state index contributed by atoms with van der Waals surface area (Å²) >= 11 is 0. The molecule has 25 heteroatoms. The molecule has 0 saturated carbocycles. The van der Waals surface area contributed by atoms with Crippen LogP contribution in [0.5, 0.6) is 17.2 Å². The van der Waals surface area contributed by atoms with Crippen molar-refractivity contribution in [3.05, 3.63) is 155 Å². The van der Waals surface area contributed by atoms with Crippen molar-refractivity contribution in [2.45, 2.75) is 94.8 Å². The molecule has 1 heterocycles. The van der Waals surface area contributed by atoms with Gasteiger partial charge in [0.15, 0.2) is 5.84 Å². The Balaban J connectivity index is 1.47. The van der Waals surface area contributed by atoms with Crippen molar-refractivity contribution in [1.29, 1.82) is 0 Å². The molecule has 0 aliphatic carbocycles. The molecule has 23 nitrogen and oxygen atoms in total. The van der Waals surface area contributed by atoms with Crippen molar-refractivity contribution in [3.8, 4) is 28.4 Å². The van der Waals surface area contributed by atoms with Crippen molar-refractivity contribution >= 4 is 61.0 Å². The molecular weight excluding hydrogens is 1120 g/mol. The molecule has 6 aromatic rings. The summed E-state index contributed by atoms with van der Waals surface area (Å²) in [5.74, 6) is 0.0529. The number of methoxy groups -OCH3 is 3. The smallest absolute Gasteiger partial charge is 0.408 e. The molecule has 1 aliphatic heterocycles. The van der Waals surface area contributed by atoms with Gasteiger partial charge in [0.05, 0.1) is 58.0 Å². The maximum absolute atomic E-state index is 16.5. The highest BCUT2D eigenvalue weighted by molar-refractivity contribution is 7.92. The van der Waals surface area contributed by atoms with Crippen molar-refractivity contribution in [1.82, 2.24) is 25.1 Å². The number of benzene rings is 6. The van der Waals surface area contributed by atoms with Crippen LogP contribution in [0.25, 0.3) is 11.1 Å². The number of para-hydroxylation sites is 1. The second kappa shape index (κ2) is 27.6. The molecule has 2 bridgehead atoms. The zero-order chi connectivity index (χ0) is 60.8. The Bertz CT molecular complexity index is 3540. The van der Waals surface area contributed by atoms with E-state index in [-0.39, 0.29) is 73.3 Å². The first kappa shape index (κ1) is 63.0. The lowest BCUT2D eigenvalue weighted by molar-refractivity contribution is -0.119. The predicted molar refractivity (Wildman–Crippen MR) is 317 cm³/mol. The molecule has 0 spiro atoms. The van der Waals surface area contributed by atoms with E-state index in [1.165, 1.54) is 45.6 Å². The first-order chi connectivity index (χ1) is 39.9. The van der Waals surface area contributed by atoms with Gasteiger partial charge in [0.1, 0.15) is 50.0 Å². The highest BCUT2D eigenvalue weighted by Crippen LogP contribution is 2.42. The van der Waals surface area contributed by atoms with E-state index in [4.69, 9.17) is 39.1 Å². The molecule has 1 atom stereocenters. The van der Waals surface area contributed by atoms with E-state index in [9.17, 15) is 14.4 Å². The van der Waals surface area contributed by atoms with E-state index in [1.54, 1.807) is 108 Å². The number of rotatable bonds is 23. The first-order valence-electron chi connectivity index (χ1n) is 26.5. The van der Waals surface area contributed by atoms with Crippen LogP contribution in [0, 0.1) is 0 Å². The van der Waals surface area contributed by atoms with Crippen LogP contribution in [0.15, 0.2) is 153 Å². The molecule has 0 aromatic heterocycles. The zero-order valence-electron chi connectivity index (χ0n) is 48.1. The highest BCUT2D eigenvalue weighted by atomic mass is 32.2. The minimum atomic E-state index is -5.19. The Kier molecular flexibility index (Phi) is 20.7. The third-order valence-corrected chi connectivity index (χ3v) is 15.9. The fourth-order valence-corrected chi connectivity index (χ4v) is 11.9. The molecule has 446 valence electrons. The Labute approximate surface area is 489 Å². The number of alkyl carbamates (subject to hydrolysis) is 2. The number of fused-ring (bicyclic) bond motifs is 2. The maximum Gasteiger partial charge on any atom is 0.408 e. The molecule has 6 aromatic carbocycles. The third kappa shape index (κ3) is 17.0. The number of nitrogens with zero attached hydrogens (tertiary/aromatic N) is 4. The van der Waals surface area contributed by atoms with Gasteiger partial charge >= 0.3 is 12.2 Å². The molecule has 3 amide bonds. The quantitative estimate of drug-likeness (QED) is 0.0258. The number of sulfonamides is 2. The van der Waals surface area contributed by atoms with E-state index < -0.39 is 83.1 Å². The number of aliphatic imine (C=N–C) groups is 1. The molecule has 0 saturated heterocycles. The number of amidine groups is 1. The molecule has 0 unspecified atom stereocenters. The average molecular weight is 1190 g/mol. The molecule has 7 N–H and O–H groups in total. The van der Waals surface area contributed by atoms with Crippen LogP contribution < -0.4 is 46.0 Å². The zero-order valence-corrected chi connectivity index (χ0v) is 49.8. The predicted octanol–water partition coefficient (Wildman–Crippen LogP) is 8.75. The molecule has 0 fully saturated rings. The summed E-state index contributed by atoms with van der Waals surface area (Å²) in [6, 6.07) is 33.3. The fraction of sp³-hybridized carbons (Fsp3) is 0.322. The van der Waals surface area contributed by atoms with Crippen LogP contribution in [0.2, 0.25) is 0 Å². The lowest BCUT2D eigenvalue weighted by Gasteiger charge is -2.27. The summed E-state index contributed by atoms with van der Waals surface area (Å²) in [7, 11) is -5.72. The van der Waals surface area contributed by atoms with Gasteiger partial charge in [-0.05, 0) is 118 Å². The first-order valence-corrected chi connectivity index (χ1v) is 29.4. The van der Waals surface area contributed by atoms with Gasteiger partial charge in [0.2, 0.25) is 26.0 Å². The molecule has 0 radical (unpaired) electrons. The lowest BCUT2D eigenvalue weighted by Crippen LogP contribution is -2.48. The van der Waals surface area contributed by atoms with Crippen LogP contribution in [0.3, 0.4) is 0 Å². The number of nitrogens with one attached hydrogen (secondary N) is 5. The van der Waals surface area contributed by atoms with Gasteiger partial charge in [-0.3, -0.25) is 10.2 Å². The number of carbonyl (C=O) groups is 3. The second-order valence-electron chi connectivity index (χ2n) is 21.0. The van der Waals surface area contributed by atoms with Crippen molar-refractivity contribution in [2.24, 2.45) is 15.3 Å². The van der Waals surface area contributed by atoms with Crippen molar-refractivity contribution in [3.63, 3.8) is 0 Å². The summed E-state index contributed by atoms with van der Waals surface area (Å²) in [5, 5.41) is 16.6. The van der Waals surface area contributed by atoms with Gasteiger partial charge in [-0.2, -0.15) is 4.31 Å². The van der Waals surface area contributed by atoms with Crippen LogP contribution in [-0.4, -0.2) is 103 Å². The largest absolute Gasteiger partial charge is 0.497 e. The van der Waals surface area contributed by atoms with Crippen molar-refractivity contribution in [2.75, 3.05) is 52.1 Å². The molecular formula is C59H70N10O13S2. The van der Waals surface area contributed by atoms with Gasteiger partial charge in [-0.25, -0.2) is 36.1 Å². The minimum absolute atomic E-state index is 0.00235. The average Bonchev–Trinajstić information content (AvgIpc) is 1.76. The molecule has 7 rings (SSSR count). The number of anilines is 2. The monoisotopic (exact) mass is 1190 g/mol. The SMILES string of the molecule is COc1ccc(CN(Cc2ccc(OC)cc2)S(=O)(=O)c2c(S(=O)(=O)NCCNC(=O)OC(C)(C)C)ccc(-c3cccc(NC(=O)[C@H](COCc4ccccc4)NC(=O)OC(C)(C)C)c3N)c2C2=N/c3cc(ccc3OC)CN/N=N\2)cc1. The highest BCUT2D eigenvalue weighted by Gasteiger charge is 2.39. The van der Waals surface area contributed by atoms with E-state index >= 15 is 16.8 Å². The van der Waals surface area contributed by atoms with Gasteiger partial charge in [0.25, 0.3) is 0 Å². The summed E-state index contributed by atoms with van der Waals surface area (Å²) in [4.78, 5) is 43.7. The van der Waals surface area contributed by atoms with E-state index in [1.807, 2.05) is 30.3 Å². The Morgan fingerprint density at radius 2 is 1.33 bits per heavy atom. The Morgan fingerprint density at radius 3 is 1.94 bits per heavy atom. The van der Waals surface area contributed by atoms with Crippen LogP contribution in [0.4, 0.5) is 26.7 Å². The van der Waals surface area contributed by atoms with Crippen LogP contribution >= 0.6 is 0 Å². The van der Waals surface area contributed by atoms with Gasteiger partial charge in [0, 0.05) is 31.7 Å². The van der Waals surface area contributed by atoms with E-state index in [0.29, 0.717) is 28.2 Å². The van der Waals surface area contributed by atoms with Crippen LogP contribution in [0.1, 0.15) is 69.4 Å². The van der Waals surface area contributed by atoms with E-state index in [2.05, 4.69) is 36.4 Å². The molecule has 1 aliphatic rings. The standard InChI is InChI=1S/C59H70N10O13S2/c1-58(2,3)81-56(71)61-30-31-63-83(73,74)50-29-27-44(45-16-13-17-46(52(45)60)65-55(70)48(66-57(72)82-59(4,5)6)37-80-36-40-14-11-10-12-15-40)51(54-64-47-32-41(33-62-68-67-54)22-28-49(47)79-9)53(50)84(75,76)69(34-38-18-23-42(77-7)24-19-38)35-39-20-25-43(78-8)26-21-39/h10-29,32,48,63H,30-31,33-37,60H2,1-9H3,(H,61,71)(H,65,70)(H,66,72)(H,62,64,67)/t48-/m0/s1. The second-order valence-corrected chi connectivity index (χ2v) is 24.7. The van der Waals surface area contributed by atoms with Gasteiger partial charge in [-0.1, -0.05) is 84.1 Å². The number of nitrogens with two attached hydrogens (primary N) is 1. The topological polar surface area (TPSA) is 301 Å². The summed E-state index contributed by atoms with van der Waals surface area (Å²) in [5.41, 5.74) is 10.3. The summed E-state index contributed by atoms with van der Waals surface area (Å²) in [6.07, 6.45) is -1.72. The number of nitrogen functional groups attached to an aromatic ring is 1. The van der Waals surface area contributed by atoms with Crippen LogP contribution in [-0.2, 0) is 65.3 Å². The number of ether oxygens (including phenoxy) is 6. The number of amides is 3. The number of carbonyl (C=O) groups excluding carboxylic acids is 3. The Morgan fingerprint density at radius 1 is 0.702 bits per heavy atom. The van der Waals surface area contributed by atoms with Gasteiger partial charge in [-0.15, -0.1) is 5.11 Å². The maximum atomic E-state index is 16.5. The number of hydrogen-bond acceptors (Lipinski definition) is 18. The number of hydrogen-bond donors (Lipinski definition) is 6. The lowest BCUT2D eigenvalue weighted by atomic mass is 9.96.